The van der Waals surface area contributed by atoms with Crippen LogP contribution in [0.25, 0.3) is 10.9 Å². The quantitative estimate of drug-likeness (QED) is 0.750. The Morgan fingerprint density at radius 3 is 2.92 bits per heavy atom. The van der Waals surface area contributed by atoms with E-state index in [0.717, 1.165) is 30.3 Å². The molecule has 2 aromatic heterocycles. The number of hydrogen-bond donors (Lipinski definition) is 2. The molecule has 7 nitrogen and oxygen atoms in total. The van der Waals surface area contributed by atoms with Crippen LogP contribution in [-0.4, -0.2) is 43.6 Å². The molecule has 0 spiro atoms. The van der Waals surface area contributed by atoms with E-state index < -0.39 is 0 Å². The maximum Gasteiger partial charge on any atom is 0.340 e. The smallest absolute Gasteiger partial charge is 0.340 e. The number of benzene rings is 1. The molecule has 7 heteroatoms. The predicted molar refractivity (Wildman–Crippen MR) is 90.0 cm³/mol. The summed E-state index contributed by atoms with van der Waals surface area (Å²) in [4.78, 5) is 28.8. The summed E-state index contributed by atoms with van der Waals surface area (Å²) in [6.45, 7) is 1.30. The number of aryl methyl sites for hydroxylation is 1. The van der Waals surface area contributed by atoms with Gasteiger partial charge >= 0.3 is 5.69 Å². The van der Waals surface area contributed by atoms with Crippen LogP contribution in [0.15, 0.2) is 35.1 Å². The first-order chi connectivity index (χ1) is 11.6. The Morgan fingerprint density at radius 2 is 2.17 bits per heavy atom. The SMILES string of the molecule is Cn1c(C(=O)N2CCCC(c3n[nH]c(=O)[nH]3)C2)cc2ccccc21. The van der Waals surface area contributed by atoms with Gasteiger partial charge in [0.1, 0.15) is 11.5 Å². The van der Waals surface area contributed by atoms with Crippen LogP contribution < -0.4 is 5.69 Å². The molecule has 1 amide bonds. The second kappa shape index (κ2) is 5.67. The van der Waals surface area contributed by atoms with Crippen molar-refractivity contribution >= 4 is 16.8 Å². The lowest BCUT2D eigenvalue weighted by molar-refractivity contribution is 0.0695. The fourth-order valence-corrected chi connectivity index (χ4v) is 3.52. The summed E-state index contributed by atoms with van der Waals surface area (Å²) < 4.78 is 1.94. The van der Waals surface area contributed by atoms with E-state index in [1.54, 1.807) is 0 Å². The number of amides is 1. The Labute approximate surface area is 138 Å². The predicted octanol–water partition coefficient (Wildman–Crippen LogP) is 1.61. The molecule has 0 bridgehead atoms. The zero-order valence-corrected chi connectivity index (χ0v) is 13.5. The summed E-state index contributed by atoms with van der Waals surface area (Å²) in [6.07, 6.45) is 1.81. The fourth-order valence-electron chi connectivity index (χ4n) is 3.52. The number of fused-ring (bicyclic) bond motifs is 1. The molecule has 1 aliphatic heterocycles. The first kappa shape index (κ1) is 14.7. The topological polar surface area (TPSA) is 86.8 Å². The van der Waals surface area contributed by atoms with E-state index in [1.807, 2.05) is 46.8 Å². The minimum absolute atomic E-state index is 0.0243. The third kappa shape index (κ3) is 2.42. The van der Waals surface area contributed by atoms with Crippen LogP contribution in [0.3, 0.4) is 0 Å². The highest BCUT2D eigenvalue weighted by Gasteiger charge is 2.28. The van der Waals surface area contributed by atoms with Crippen molar-refractivity contribution in [3.05, 3.63) is 52.3 Å². The number of carbonyl (C=O) groups is 1. The van der Waals surface area contributed by atoms with E-state index in [-0.39, 0.29) is 17.5 Å². The standard InChI is InChI=1S/C17H19N5O2/c1-21-13-7-3-2-5-11(13)9-14(21)16(23)22-8-4-6-12(10-22)15-18-17(24)20-19-15/h2-3,5,7,9,12H,4,6,8,10H2,1H3,(H2,18,19,20,24). The van der Waals surface area contributed by atoms with Crippen LogP contribution in [0, 0.1) is 0 Å². The zero-order chi connectivity index (χ0) is 16.7. The second-order valence-corrected chi connectivity index (χ2v) is 6.30. The van der Waals surface area contributed by atoms with E-state index in [0.29, 0.717) is 18.1 Å². The third-order valence-corrected chi connectivity index (χ3v) is 4.79. The number of rotatable bonds is 2. The highest BCUT2D eigenvalue weighted by atomic mass is 16.2. The van der Waals surface area contributed by atoms with Gasteiger partial charge in [0.15, 0.2) is 0 Å². The number of nitrogens with zero attached hydrogens (tertiary/aromatic N) is 3. The minimum atomic E-state index is -0.304. The average molecular weight is 325 g/mol. The number of para-hydroxylation sites is 1. The largest absolute Gasteiger partial charge is 0.340 e. The van der Waals surface area contributed by atoms with Gasteiger partial charge in [-0.3, -0.25) is 9.78 Å². The van der Waals surface area contributed by atoms with Crippen LogP contribution >= 0.6 is 0 Å². The zero-order valence-electron chi connectivity index (χ0n) is 13.5. The van der Waals surface area contributed by atoms with Gasteiger partial charge in [0, 0.05) is 37.0 Å². The average Bonchev–Trinajstić information content (AvgIpc) is 3.19. The third-order valence-electron chi connectivity index (χ3n) is 4.79. The van der Waals surface area contributed by atoms with Crippen molar-refractivity contribution in [1.29, 1.82) is 0 Å². The molecule has 1 aromatic carbocycles. The van der Waals surface area contributed by atoms with E-state index in [4.69, 9.17) is 0 Å². The monoisotopic (exact) mass is 325 g/mol. The molecule has 3 aromatic rings. The summed E-state index contributed by atoms with van der Waals surface area (Å²) in [6, 6.07) is 9.92. The molecular weight excluding hydrogens is 306 g/mol. The molecule has 3 heterocycles. The van der Waals surface area contributed by atoms with Gasteiger partial charge < -0.3 is 9.47 Å². The van der Waals surface area contributed by atoms with Crippen LogP contribution in [0.2, 0.25) is 0 Å². The van der Waals surface area contributed by atoms with Crippen molar-refractivity contribution in [1.82, 2.24) is 24.6 Å². The molecule has 24 heavy (non-hydrogen) atoms. The second-order valence-electron chi connectivity index (χ2n) is 6.30. The van der Waals surface area contributed by atoms with Gasteiger partial charge in [-0.05, 0) is 25.0 Å². The van der Waals surface area contributed by atoms with Crippen molar-refractivity contribution in [2.45, 2.75) is 18.8 Å². The fraction of sp³-hybridized carbons (Fsp3) is 0.353. The molecule has 1 aliphatic rings. The van der Waals surface area contributed by atoms with Gasteiger partial charge in [-0.25, -0.2) is 9.89 Å². The number of carbonyl (C=O) groups excluding carboxylic acids is 1. The number of likely N-dealkylation sites (tertiary alicyclic amines) is 1. The molecule has 124 valence electrons. The number of nitrogens with one attached hydrogen (secondary N) is 2. The summed E-state index contributed by atoms with van der Waals surface area (Å²) in [5, 5.41) is 7.49. The summed E-state index contributed by atoms with van der Waals surface area (Å²) >= 11 is 0. The van der Waals surface area contributed by atoms with E-state index in [2.05, 4.69) is 15.2 Å². The van der Waals surface area contributed by atoms with Crippen LogP contribution in [0.5, 0.6) is 0 Å². The molecule has 2 N–H and O–H groups in total. The van der Waals surface area contributed by atoms with Crippen molar-refractivity contribution in [3.63, 3.8) is 0 Å². The minimum Gasteiger partial charge on any atom is -0.340 e. The van der Waals surface area contributed by atoms with Gasteiger partial charge in [-0.15, -0.1) is 0 Å². The molecular formula is C17H19N5O2. The lowest BCUT2D eigenvalue weighted by Crippen LogP contribution is -2.40. The molecule has 4 rings (SSSR count). The van der Waals surface area contributed by atoms with Crippen molar-refractivity contribution in [3.8, 4) is 0 Å². The van der Waals surface area contributed by atoms with Gasteiger partial charge in [0.05, 0.1) is 0 Å². The molecule has 1 atom stereocenters. The molecule has 0 aliphatic carbocycles. The Morgan fingerprint density at radius 1 is 1.33 bits per heavy atom. The van der Waals surface area contributed by atoms with E-state index in [1.165, 1.54) is 0 Å². The first-order valence-electron chi connectivity index (χ1n) is 8.12. The van der Waals surface area contributed by atoms with Crippen LogP contribution in [-0.2, 0) is 7.05 Å². The van der Waals surface area contributed by atoms with Gasteiger partial charge in [-0.1, -0.05) is 18.2 Å². The van der Waals surface area contributed by atoms with Crippen molar-refractivity contribution < 1.29 is 4.79 Å². The summed E-state index contributed by atoms with van der Waals surface area (Å²) in [5.74, 6) is 0.724. The van der Waals surface area contributed by atoms with Crippen LogP contribution in [0.1, 0.15) is 35.1 Å². The first-order valence-corrected chi connectivity index (χ1v) is 8.12. The molecule has 1 fully saturated rings. The number of aromatic nitrogens is 4. The van der Waals surface area contributed by atoms with E-state index in [9.17, 15) is 9.59 Å². The Hall–Kier alpha value is -2.83. The van der Waals surface area contributed by atoms with Crippen molar-refractivity contribution in [2.24, 2.45) is 7.05 Å². The highest BCUT2D eigenvalue weighted by Crippen LogP contribution is 2.26. The number of piperidine rings is 1. The maximum atomic E-state index is 13.0. The molecule has 0 saturated carbocycles. The number of H-pyrrole nitrogens is 2. The Bertz CT molecular complexity index is 951. The lowest BCUT2D eigenvalue weighted by Gasteiger charge is -2.31. The van der Waals surface area contributed by atoms with Gasteiger partial charge in [0.2, 0.25) is 0 Å². The Kier molecular flexibility index (Phi) is 3.48. The van der Waals surface area contributed by atoms with Gasteiger partial charge in [0.25, 0.3) is 5.91 Å². The lowest BCUT2D eigenvalue weighted by atomic mass is 9.97. The van der Waals surface area contributed by atoms with Crippen molar-refractivity contribution in [2.75, 3.05) is 13.1 Å². The highest BCUT2D eigenvalue weighted by molar-refractivity contribution is 5.98. The van der Waals surface area contributed by atoms with Crippen LogP contribution in [0.4, 0.5) is 0 Å². The Balaban J connectivity index is 1.61. The molecule has 1 unspecified atom stereocenters. The summed E-state index contributed by atoms with van der Waals surface area (Å²) in [7, 11) is 1.92. The van der Waals surface area contributed by atoms with E-state index >= 15 is 0 Å². The number of aromatic amines is 2. The normalized spacial score (nSPS) is 18.2. The maximum absolute atomic E-state index is 13.0. The van der Waals surface area contributed by atoms with Gasteiger partial charge in [-0.2, -0.15) is 5.10 Å². The molecule has 1 saturated heterocycles. The summed E-state index contributed by atoms with van der Waals surface area (Å²) in [5.41, 5.74) is 1.43. The molecule has 0 radical (unpaired) electrons. The number of hydrogen-bond acceptors (Lipinski definition) is 3.